The van der Waals surface area contributed by atoms with Crippen LogP contribution in [0.15, 0.2) is 49.4 Å². The SMILES string of the molecule is COCCOCCOCCOCCOCCOCCOCCOCCCOc1nn(C2CCC(N3[C@@H]4CC[C@H]3COC4)CC2)cc1Nc1ncc(-c2ccc(Cl)c(O[C@@H](C)Cn3cncn3)c2)cn1. The third-order valence-electron chi connectivity index (χ3n) is 12.2. The molecule has 2 saturated heterocycles. The number of anilines is 2. The lowest BCUT2D eigenvalue weighted by molar-refractivity contribution is -0.0458. The number of hydrogen-bond acceptors (Lipinski definition) is 18. The lowest BCUT2D eigenvalue weighted by Crippen LogP contribution is -2.52. The molecule has 1 aromatic carbocycles. The molecule has 0 unspecified atom stereocenters. The summed E-state index contributed by atoms with van der Waals surface area (Å²) in [6, 6.07) is 7.65. The standard InChI is InChI=1S/C48H72ClN9O11/c1-37(31-56-36-50-35-53-56)69-46-28-38(4-11-44(46)49)39-29-51-48(52-30-39)54-45-32-57(40-5-7-41(8-6-40)58-42-9-10-43(58)34-67-33-42)55-47(45)68-13-3-12-60-16-17-62-20-21-64-24-25-66-27-26-65-23-22-63-19-18-61-15-14-59-2/h4,11,28-30,32,35-37,40-43H,3,5-10,12-27,31,33-34H2,1-2H3,(H,51,52,54)/t37-,40?,41?,42-,43+/m0/s1. The molecule has 69 heavy (non-hydrogen) atoms. The van der Waals surface area contributed by atoms with Gasteiger partial charge in [-0.25, -0.2) is 19.6 Å². The number of fused-ring (bicyclic) bond motifs is 2. The predicted molar refractivity (Wildman–Crippen MR) is 257 cm³/mol. The number of morpholine rings is 1. The Bertz CT molecular complexity index is 1980. The second-order valence-corrected chi connectivity index (χ2v) is 17.7. The highest BCUT2D eigenvalue weighted by molar-refractivity contribution is 6.32. The maximum Gasteiger partial charge on any atom is 0.256 e. The summed E-state index contributed by atoms with van der Waals surface area (Å²) in [5, 5.41) is 13.1. The van der Waals surface area contributed by atoms with E-state index in [-0.39, 0.29) is 12.1 Å². The molecule has 1 saturated carbocycles. The second-order valence-electron chi connectivity index (χ2n) is 17.3. The van der Waals surface area contributed by atoms with Crippen molar-refractivity contribution in [2.45, 2.75) is 88.7 Å². The van der Waals surface area contributed by atoms with E-state index < -0.39 is 0 Å². The molecule has 3 fully saturated rings. The Morgan fingerprint density at radius 1 is 0.696 bits per heavy atom. The summed E-state index contributed by atoms with van der Waals surface area (Å²) in [7, 11) is 1.65. The molecular weight excluding hydrogens is 914 g/mol. The van der Waals surface area contributed by atoms with Gasteiger partial charge in [0.15, 0.2) is 0 Å². The summed E-state index contributed by atoms with van der Waals surface area (Å²) in [5.74, 6) is 1.51. The molecule has 2 bridgehead atoms. The highest BCUT2D eigenvalue weighted by Crippen LogP contribution is 2.40. The van der Waals surface area contributed by atoms with Crippen LogP contribution in [-0.2, 0) is 49.2 Å². The fourth-order valence-corrected chi connectivity index (χ4v) is 8.97. The van der Waals surface area contributed by atoms with Crippen molar-refractivity contribution in [1.82, 2.24) is 39.4 Å². The molecular formula is C48H72ClN9O11. The average Bonchev–Trinajstić information content (AvgIpc) is 4.09. The maximum atomic E-state index is 6.53. The number of rotatable bonds is 35. The molecule has 5 heterocycles. The van der Waals surface area contributed by atoms with Crippen molar-refractivity contribution in [3.63, 3.8) is 0 Å². The Morgan fingerprint density at radius 2 is 1.26 bits per heavy atom. The topological polar surface area (TPSA) is 191 Å². The van der Waals surface area contributed by atoms with Crippen LogP contribution in [0.1, 0.15) is 57.9 Å². The largest absolute Gasteiger partial charge is 0.487 e. The maximum absolute atomic E-state index is 6.53. The first kappa shape index (κ1) is 52.8. The molecule has 382 valence electrons. The molecule has 1 N–H and O–H groups in total. The molecule has 0 spiro atoms. The number of nitrogens with one attached hydrogen (secondary N) is 1. The van der Waals surface area contributed by atoms with Crippen molar-refractivity contribution in [2.75, 3.05) is 131 Å². The Hall–Kier alpha value is -4.06. The smallest absolute Gasteiger partial charge is 0.256 e. The molecule has 20 nitrogen and oxygen atoms in total. The normalized spacial score (nSPS) is 19.8. The van der Waals surface area contributed by atoms with Gasteiger partial charge in [-0.05, 0) is 63.1 Å². The van der Waals surface area contributed by atoms with Crippen molar-refractivity contribution in [1.29, 1.82) is 0 Å². The zero-order chi connectivity index (χ0) is 47.7. The number of hydrogen-bond donors (Lipinski definition) is 1. The summed E-state index contributed by atoms with van der Waals surface area (Å²) >= 11 is 6.53. The molecule has 1 aliphatic carbocycles. The Balaban J connectivity index is 0.800. The van der Waals surface area contributed by atoms with E-state index in [0.717, 1.165) is 50.0 Å². The van der Waals surface area contributed by atoms with Gasteiger partial charge in [0.25, 0.3) is 5.88 Å². The van der Waals surface area contributed by atoms with Crippen molar-refractivity contribution in [2.24, 2.45) is 0 Å². The van der Waals surface area contributed by atoms with Gasteiger partial charge in [0.2, 0.25) is 5.95 Å². The first-order valence-electron chi connectivity index (χ1n) is 24.5. The molecule has 3 aliphatic rings. The van der Waals surface area contributed by atoms with Crippen LogP contribution in [0.25, 0.3) is 11.1 Å². The summed E-state index contributed by atoms with van der Waals surface area (Å²) in [5.41, 5.74) is 2.40. The minimum atomic E-state index is -0.186. The van der Waals surface area contributed by atoms with Gasteiger partial charge in [0.05, 0.1) is 136 Å². The Labute approximate surface area is 410 Å². The van der Waals surface area contributed by atoms with Crippen molar-refractivity contribution in [3.05, 3.63) is 54.5 Å². The lowest BCUT2D eigenvalue weighted by atomic mass is 9.89. The van der Waals surface area contributed by atoms with Gasteiger partial charge < -0.3 is 57.4 Å². The van der Waals surface area contributed by atoms with E-state index in [1.54, 1.807) is 30.5 Å². The first-order valence-corrected chi connectivity index (χ1v) is 24.9. The molecule has 3 atom stereocenters. The van der Waals surface area contributed by atoms with E-state index in [2.05, 4.69) is 34.9 Å². The minimum absolute atomic E-state index is 0.186. The number of halogens is 1. The lowest BCUT2D eigenvalue weighted by Gasteiger charge is -2.43. The van der Waals surface area contributed by atoms with E-state index >= 15 is 0 Å². The highest BCUT2D eigenvalue weighted by atomic mass is 35.5. The van der Waals surface area contributed by atoms with Gasteiger partial charge >= 0.3 is 0 Å². The monoisotopic (exact) mass is 986 g/mol. The van der Waals surface area contributed by atoms with Crippen LogP contribution in [-0.4, -0.2) is 190 Å². The van der Waals surface area contributed by atoms with E-state index in [9.17, 15) is 0 Å². The quantitative estimate of drug-likeness (QED) is 0.0554. The zero-order valence-electron chi connectivity index (χ0n) is 40.3. The van der Waals surface area contributed by atoms with Crippen molar-refractivity contribution >= 4 is 23.2 Å². The number of ether oxygens (including phenoxy) is 11. The number of methoxy groups -OCH3 is 1. The fourth-order valence-electron chi connectivity index (χ4n) is 8.81. The zero-order valence-corrected chi connectivity index (χ0v) is 41.1. The van der Waals surface area contributed by atoms with Gasteiger partial charge in [-0.2, -0.15) is 5.10 Å². The third-order valence-corrected chi connectivity index (χ3v) is 12.5. The summed E-state index contributed by atoms with van der Waals surface area (Å²) in [6.07, 6.45) is 16.1. The van der Waals surface area contributed by atoms with Crippen LogP contribution >= 0.6 is 11.6 Å². The molecule has 0 amide bonds. The summed E-state index contributed by atoms with van der Waals surface area (Å²) < 4.78 is 66.0. The van der Waals surface area contributed by atoms with Gasteiger partial charge in [-0.15, -0.1) is 5.10 Å². The highest BCUT2D eigenvalue weighted by Gasteiger charge is 2.42. The van der Waals surface area contributed by atoms with Gasteiger partial charge in [-0.3, -0.25) is 9.58 Å². The Morgan fingerprint density at radius 3 is 1.84 bits per heavy atom. The van der Waals surface area contributed by atoms with Crippen molar-refractivity contribution < 1.29 is 52.1 Å². The second kappa shape index (κ2) is 30.0. The van der Waals surface area contributed by atoms with Gasteiger partial charge in [0, 0.05) is 56.2 Å². The van der Waals surface area contributed by atoms with Crippen LogP contribution in [0.3, 0.4) is 0 Å². The Kier molecular flexibility index (Phi) is 22.9. The van der Waals surface area contributed by atoms with Crippen molar-refractivity contribution in [3.8, 4) is 22.8 Å². The molecule has 7 rings (SSSR count). The van der Waals surface area contributed by atoms with E-state index in [1.165, 1.54) is 19.2 Å². The van der Waals surface area contributed by atoms with Crippen LogP contribution in [0.5, 0.6) is 11.6 Å². The van der Waals surface area contributed by atoms with E-state index in [0.29, 0.717) is 165 Å². The summed E-state index contributed by atoms with van der Waals surface area (Å²) in [4.78, 5) is 16.1. The number of benzene rings is 1. The number of aromatic nitrogens is 7. The third kappa shape index (κ3) is 17.6. The van der Waals surface area contributed by atoms with Crippen LogP contribution < -0.4 is 14.8 Å². The molecule has 2 aliphatic heterocycles. The van der Waals surface area contributed by atoms with Crippen LogP contribution in [0.2, 0.25) is 5.02 Å². The fraction of sp³-hybridized carbons (Fsp3) is 0.688. The molecule has 21 heteroatoms. The molecule has 3 aromatic heterocycles. The minimum Gasteiger partial charge on any atom is -0.487 e. The molecule has 4 aromatic rings. The molecule has 0 radical (unpaired) electrons. The van der Waals surface area contributed by atoms with Gasteiger partial charge in [-0.1, -0.05) is 17.7 Å². The summed E-state index contributed by atoms with van der Waals surface area (Å²) in [6.45, 7) is 12.4. The van der Waals surface area contributed by atoms with E-state index in [4.69, 9.17) is 68.8 Å². The average molecular weight is 987 g/mol. The number of nitrogens with zero attached hydrogens (tertiary/aromatic N) is 8. The first-order chi connectivity index (χ1) is 34.0. The van der Waals surface area contributed by atoms with E-state index in [1.807, 2.05) is 31.3 Å². The van der Waals surface area contributed by atoms with Gasteiger partial charge in [0.1, 0.15) is 30.2 Å². The predicted octanol–water partition coefficient (Wildman–Crippen LogP) is 5.67. The van der Waals surface area contributed by atoms with Crippen LogP contribution in [0, 0.1) is 0 Å². The van der Waals surface area contributed by atoms with Crippen LogP contribution in [0.4, 0.5) is 11.6 Å².